The Morgan fingerprint density at radius 2 is 1.34 bits per heavy atom. The van der Waals surface area contributed by atoms with E-state index in [0.717, 1.165) is 11.1 Å². The summed E-state index contributed by atoms with van der Waals surface area (Å²) in [6.45, 7) is 28.9. The summed E-state index contributed by atoms with van der Waals surface area (Å²) in [4.78, 5) is 72.6. The zero-order valence-electron chi connectivity index (χ0n) is 40.0. The maximum Gasteiger partial charge on any atom is 0.410 e. The highest BCUT2D eigenvalue weighted by atomic mass is 28.4. The van der Waals surface area contributed by atoms with Gasteiger partial charge in [-0.05, 0) is 110 Å². The topological polar surface area (TPSA) is 168 Å². The number of likely N-dealkylation sites (tertiary alicyclic amines) is 1. The summed E-state index contributed by atoms with van der Waals surface area (Å²) in [5, 5.41) is 3.42. The van der Waals surface area contributed by atoms with Gasteiger partial charge < -0.3 is 33.6 Å². The van der Waals surface area contributed by atoms with Crippen LogP contribution >= 0.6 is 0 Å². The van der Waals surface area contributed by atoms with Gasteiger partial charge in [-0.1, -0.05) is 45.0 Å². The maximum atomic E-state index is 13.3. The van der Waals surface area contributed by atoms with Crippen LogP contribution in [0.3, 0.4) is 0 Å². The molecule has 2 atom stereocenters. The monoisotopic (exact) mass is 906 g/mol. The first kappa shape index (κ1) is 49.7. The highest BCUT2D eigenvalue weighted by Crippen LogP contribution is 2.37. The predicted molar refractivity (Wildman–Crippen MR) is 241 cm³/mol. The standard InChI is InChI=1S/C47H67N5O11Si/c1-44(2,3)59-41(55)38(62-52-39(53)36-17-15-16-18-37(36)40(52)54)30-58-34-21-19-32(20-22-34)33-27-50(26-31-24-49(25-31)43(57)61-46(7,8)9)51(28-33)29-35(63-64(13,14)47(10,11)12)23-48-42(56)60-45(4,5)6/h15-22,27-28,31,35,38H,23-26,29-30H2,1-14H3/p+1/t35-,38-/m0/s1. The molecule has 1 aromatic heterocycles. The van der Waals surface area contributed by atoms with Gasteiger partial charge >= 0.3 is 18.2 Å². The third-order valence-corrected chi connectivity index (χ3v) is 15.3. The number of ether oxygens (including phenoxy) is 4. The molecule has 1 fully saturated rings. The molecule has 1 saturated heterocycles. The lowest BCUT2D eigenvalue weighted by Crippen LogP contribution is -2.58. The first-order valence-electron chi connectivity index (χ1n) is 21.8. The van der Waals surface area contributed by atoms with E-state index in [0.29, 0.717) is 37.0 Å². The number of esters is 1. The van der Waals surface area contributed by atoms with E-state index in [4.69, 9.17) is 28.2 Å². The smallest absolute Gasteiger partial charge is 0.410 e. The molecule has 2 aliphatic rings. The molecule has 0 unspecified atom stereocenters. The van der Waals surface area contributed by atoms with Gasteiger partial charge in [0.15, 0.2) is 14.9 Å². The Labute approximate surface area is 378 Å². The molecule has 0 radical (unpaired) electrons. The Kier molecular flexibility index (Phi) is 14.8. The van der Waals surface area contributed by atoms with Crippen molar-refractivity contribution in [2.45, 2.75) is 143 Å². The van der Waals surface area contributed by atoms with E-state index in [2.05, 4.69) is 48.5 Å². The number of hydrogen-bond donors (Lipinski definition) is 1. The highest BCUT2D eigenvalue weighted by Gasteiger charge is 2.42. The molecule has 64 heavy (non-hydrogen) atoms. The molecule has 0 saturated carbocycles. The predicted octanol–water partition coefficient (Wildman–Crippen LogP) is 7.54. The van der Waals surface area contributed by atoms with Crippen molar-refractivity contribution in [3.63, 3.8) is 0 Å². The molecule has 2 aliphatic heterocycles. The third-order valence-electron chi connectivity index (χ3n) is 10.7. The van der Waals surface area contributed by atoms with Crippen molar-refractivity contribution in [2.75, 3.05) is 26.2 Å². The molecule has 3 aromatic rings. The van der Waals surface area contributed by atoms with Crippen molar-refractivity contribution in [2.24, 2.45) is 5.92 Å². The molecule has 1 N–H and O–H groups in total. The molecule has 5 rings (SSSR count). The lowest BCUT2D eigenvalue weighted by atomic mass is 10.0. The van der Waals surface area contributed by atoms with E-state index in [1.165, 1.54) is 12.1 Å². The normalized spacial score (nSPS) is 15.9. The van der Waals surface area contributed by atoms with E-state index in [-0.39, 0.29) is 41.3 Å². The Bertz CT molecular complexity index is 2140. The quantitative estimate of drug-likeness (QED) is 0.0526. The molecule has 16 nitrogen and oxygen atoms in total. The molecule has 3 heterocycles. The molecule has 350 valence electrons. The SMILES string of the molecule is CC(C)(C)OC(=O)NC[C@@H](Cn1cc(-c2ccc(OC[C@H](ON3C(=O)c4ccccc4C3=O)C(=O)OC(C)(C)C)cc2)c[n+]1CC1CN(C(=O)OC(C)(C)C)C1)O[Si](C)(C)C(C)(C)C. The van der Waals surface area contributed by atoms with Gasteiger partial charge in [0.25, 0.3) is 11.8 Å². The molecule has 2 aromatic carbocycles. The largest absolute Gasteiger partial charge is 0.490 e. The summed E-state index contributed by atoms with van der Waals surface area (Å²) in [7, 11) is -2.32. The van der Waals surface area contributed by atoms with Gasteiger partial charge in [0.2, 0.25) is 12.3 Å². The number of aromatic nitrogens is 2. The van der Waals surface area contributed by atoms with E-state index < -0.39 is 61.2 Å². The Morgan fingerprint density at radius 3 is 1.88 bits per heavy atom. The lowest BCUT2D eigenvalue weighted by Gasteiger charge is -2.39. The zero-order chi connectivity index (χ0) is 47.6. The van der Waals surface area contributed by atoms with Gasteiger partial charge in [-0.2, -0.15) is 4.68 Å². The Balaban J connectivity index is 1.37. The molecule has 0 spiro atoms. The summed E-state index contributed by atoms with van der Waals surface area (Å²) in [6, 6.07) is 13.6. The average molecular weight is 907 g/mol. The molecule has 0 aliphatic carbocycles. The molecular weight excluding hydrogens is 839 g/mol. The third kappa shape index (κ3) is 13.4. The average Bonchev–Trinajstić information content (AvgIpc) is 3.64. The highest BCUT2D eigenvalue weighted by molar-refractivity contribution is 6.74. The van der Waals surface area contributed by atoms with Crippen LogP contribution in [-0.2, 0) is 41.4 Å². The lowest BCUT2D eigenvalue weighted by molar-refractivity contribution is -0.782. The number of nitrogens with zero attached hydrogens (tertiary/aromatic N) is 4. The van der Waals surface area contributed by atoms with Crippen LogP contribution in [-0.4, -0.2) is 108 Å². The molecule has 4 amide bonds. The van der Waals surface area contributed by atoms with E-state index in [1.807, 2.05) is 66.1 Å². The molecule has 17 heteroatoms. The van der Waals surface area contributed by atoms with Gasteiger partial charge in [0, 0.05) is 19.6 Å². The summed E-state index contributed by atoms with van der Waals surface area (Å²) in [5.74, 6) is -1.60. The number of fused-ring (bicyclic) bond motifs is 1. The summed E-state index contributed by atoms with van der Waals surface area (Å²) in [6.07, 6.45) is 1.36. The second-order valence-corrected chi connectivity index (χ2v) is 25.8. The van der Waals surface area contributed by atoms with Crippen LogP contribution in [0.5, 0.6) is 5.75 Å². The number of alkyl carbamates (subject to hydrolysis) is 1. The first-order chi connectivity index (χ1) is 29.5. The molecular formula is C47H68N5O11Si+. The minimum absolute atomic E-state index is 0.0935. The first-order valence-corrected chi connectivity index (χ1v) is 24.7. The van der Waals surface area contributed by atoms with Gasteiger partial charge in [0.1, 0.15) is 35.7 Å². The second-order valence-electron chi connectivity index (χ2n) is 21.0. The fourth-order valence-corrected chi connectivity index (χ4v) is 8.01. The van der Waals surface area contributed by atoms with Gasteiger partial charge in [-0.25, -0.2) is 19.2 Å². The van der Waals surface area contributed by atoms with Crippen molar-refractivity contribution in [1.29, 1.82) is 0 Å². The number of hydroxylamine groups is 2. The van der Waals surface area contributed by atoms with Gasteiger partial charge in [-0.15, -0.1) is 9.75 Å². The number of nitrogens with one attached hydrogen (secondary N) is 1. The fraction of sp³-hybridized carbons (Fsp3) is 0.574. The maximum absolute atomic E-state index is 13.3. The summed E-state index contributed by atoms with van der Waals surface area (Å²) >= 11 is 0. The fourth-order valence-electron chi connectivity index (χ4n) is 6.66. The van der Waals surface area contributed by atoms with Crippen molar-refractivity contribution in [3.05, 3.63) is 72.1 Å². The molecule has 0 bridgehead atoms. The minimum atomic E-state index is -2.32. The van der Waals surface area contributed by atoms with Crippen LogP contribution in [0.4, 0.5) is 9.59 Å². The van der Waals surface area contributed by atoms with Crippen LogP contribution in [0, 0.1) is 5.92 Å². The van der Waals surface area contributed by atoms with E-state index in [9.17, 15) is 24.0 Å². The summed E-state index contributed by atoms with van der Waals surface area (Å²) < 4.78 is 33.9. The van der Waals surface area contributed by atoms with Gasteiger partial charge in [0.05, 0.1) is 34.9 Å². The van der Waals surface area contributed by atoms with Gasteiger partial charge in [-0.3, -0.25) is 9.59 Å². The second kappa shape index (κ2) is 19.1. The van der Waals surface area contributed by atoms with Crippen molar-refractivity contribution >= 4 is 38.3 Å². The zero-order valence-corrected chi connectivity index (χ0v) is 41.0. The number of imide groups is 1. The number of carbonyl (C=O) groups is 5. The number of carbonyl (C=O) groups excluding carboxylic acids is 5. The van der Waals surface area contributed by atoms with Crippen molar-refractivity contribution < 1.29 is 56.9 Å². The number of amides is 4. The number of rotatable bonds is 15. The Morgan fingerprint density at radius 1 is 0.781 bits per heavy atom. The van der Waals surface area contributed by atoms with Crippen LogP contribution in [0.15, 0.2) is 60.9 Å². The van der Waals surface area contributed by atoms with Crippen LogP contribution < -0.4 is 14.7 Å². The van der Waals surface area contributed by atoms with Crippen molar-refractivity contribution in [1.82, 2.24) is 20.0 Å². The van der Waals surface area contributed by atoms with Crippen LogP contribution in [0.1, 0.15) is 104 Å². The van der Waals surface area contributed by atoms with E-state index in [1.54, 1.807) is 49.9 Å². The van der Waals surface area contributed by atoms with E-state index >= 15 is 0 Å². The minimum Gasteiger partial charge on any atom is -0.490 e. The Hall–Kier alpha value is -5.26. The van der Waals surface area contributed by atoms with Crippen LogP contribution in [0.25, 0.3) is 11.1 Å². The number of hydrogen-bond acceptors (Lipinski definition) is 11. The van der Waals surface area contributed by atoms with Crippen molar-refractivity contribution in [3.8, 4) is 16.9 Å². The van der Waals surface area contributed by atoms with Crippen LogP contribution in [0.2, 0.25) is 18.1 Å². The summed E-state index contributed by atoms with van der Waals surface area (Å²) in [5.41, 5.74) is -0.0305. The number of benzene rings is 2.